The zero-order chi connectivity index (χ0) is 12.6. The van der Waals surface area contributed by atoms with E-state index in [0.717, 1.165) is 12.8 Å². The summed E-state index contributed by atoms with van der Waals surface area (Å²) in [6.07, 6.45) is -3.58. The standard InChI is InChI=1S/C10H14F3IN2O/c11-10(12,13)4-3-9(17)15-5-7-1-2-8(6-15)16(7)14/h7-8H,1-6H2. The van der Waals surface area contributed by atoms with Gasteiger partial charge in [0.2, 0.25) is 5.91 Å². The van der Waals surface area contributed by atoms with Crippen molar-refractivity contribution in [3.05, 3.63) is 0 Å². The highest BCUT2D eigenvalue weighted by Crippen LogP contribution is 2.33. The molecule has 2 bridgehead atoms. The van der Waals surface area contributed by atoms with Crippen LogP contribution in [0.2, 0.25) is 0 Å². The number of rotatable bonds is 2. The SMILES string of the molecule is O=C(CCC(F)(F)F)N1CC2CCC(C1)N2I. The predicted octanol–water partition coefficient (Wildman–Crippen LogP) is 2.35. The van der Waals surface area contributed by atoms with Crippen molar-refractivity contribution in [2.75, 3.05) is 13.1 Å². The summed E-state index contributed by atoms with van der Waals surface area (Å²) in [6, 6.07) is 0.647. The van der Waals surface area contributed by atoms with Gasteiger partial charge in [0.15, 0.2) is 0 Å². The third-order valence-electron chi connectivity index (χ3n) is 3.37. The molecule has 0 aromatic heterocycles. The molecule has 0 aliphatic carbocycles. The highest BCUT2D eigenvalue weighted by molar-refractivity contribution is 14.1. The first-order chi connectivity index (χ1) is 7.87. The molecule has 0 radical (unpaired) electrons. The summed E-state index contributed by atoms with van der Waals surface area (Å²) in [5, 5.41) is 0. The molecule has 0 saturated carbocycles. The summed E-state index contributed by atoms with van der Waals surface area (Å²) in [6.45, 7) is 1.16. The average Bonchev–Trinajstić information content (AvgIpc) is 2.50. The van der Waals surface area contributed by atoms with Gasteiger partial charge in [0.05, 0.1) is 6.42 Å². The Morgan fingerprint density at radius 1 is 1.24 bits per heavy atom. The summed E-state index contributed by atoms with van der Waals surface area (Å²) < 4.78 is 38.3. The first-order valence-corrected chi connectivity index (χ1v) is 6.62. The number of piperazine rings is 1. The van der Waals surface area contributed by atoms with Gasteiger partial charge in [0.25, 0.3) is 0 Å². The fourth-order valence-corrected chi connectivity index (χ4v) is 3.37. The summed E-state index contributed by atoms with van der Waals surface area (Å²) in [5.41, 5.74) is 0. The lowest BCUT2D eigenvalue weighted by Gasteiger charge is -2.37. The molecule has 0 aromatic rings. The fraction of sp³-hybridized carbons (Fsp3) is 0.900. The Bertz CT molecular complexity index is 296. The maximum atomic E-state index is 12.0. The Morgan fingerprint density at radius 2 is 1.76 bits per heavy atom. The van der Waals surface area contributed by atoms with E-state index in [4.69, 9.17) is 0 Å². The number of alkyl halides is 3. The number of likely N-dealkylation sites (tertiary alicyclic amines) is 1. The third kappa shape index (κ3) is 3.24. The fourth-order valence-electron chi connectivity index (χ4n) is 2.46. The van der Waals surface area contributed by atoms with E-state index >= 15 is 0 Å². The van der Waals surface area contributed by atoms with Crippen LogP contribution >= 0.6 is 22.9 Å². The average molecular weight is 362 g/mol. The largest absolute Gasteiger partial charge is 0.389 e. The second-order valence-electron chi connectivity index (χ2n) is 4.64. The molecule has 3 nitrogen and oxygen atoms in total. The molecule has 0 aromatic carbocycles. The Kier molecular flexibility index (Phi) is 3.86. The number of amides is 1. The van der Waals surface area contributed by atoms with Crippen molar-refractivity contribution in [2.24, 2.45) is 0 Å². The molecule has 98 valence electrons. The molecular formula is C10H14F3IN2O. The second kappa shape index (κ2) is 4.91. The van der Waals surface area contributed by atoms with Crippen LogP contribution < -0.4 is 0 Å². The van der Waals surface area contributed by atoms with Crippen LogP contribution in [0.15, 0.2) is 0 Å². The number of hydrogen-bond donors (Lipinski definition) is 0. The molecule has 2 saturated heterocycles. The van der Waals surface area contributed by atoms with Gasteiger partial charge in [0, 0.05) is 54.5 Å². The van der Waals surface area contributed by atoms with Gasteiger partial charge in [-0.15, -0.1) is 0 Å². The van der Waals surface area contributed by atoms with Gasteiger partial charge in [-0.25, -0.2) is 3.11 Å². The van der Waals surface area contributed by atoms with Crippen LogP contribution in [0.4, 0.5) is 13.2 Å². The lowest BCUT2D eigenvalue weighted by molar-refractivity contribution is -0.150. The van der Waals surface area contributed by atoms with Crippen LogP contribution in [0.1, 0.15) is 25.7 Å². The van der Waals surface area contributed by atoms with Crippen molar-refractivity contribution < 1.29 is 18.0 Å². The Morgan fingerprint density at radius 3 is 2.24 bits per heavy atom. The van der Waals surface area contributed by atoms with Crippen LogP contribution in [0.25, 0.3) is 0 Å². The molecular weight excluding hydrogens is 348 g/mol. The molecule has 0 spiro atoms. The molecule has 17 heavy (non-hydrogen) atoms. The highest BCUT2D eigenvalue weighted by atomic mass is 127. The predicted molar refractivity (Wildman–Crippen MR) is 64.5 cm³/mol. The van der Waals surface area contributed by atoms with Crippen molar-refractivity contribution >= 4 is 28.8 Å². The first kappa shape index (κ1) is 13.4. The van der Waals surface area contributed by atoms with E-state index in [-0.39, 0.29) is 5.91 Å². The van der Waals surface area contributed by atoms with Crippen LogP contribution in [0.5, 0.6) is 0 Å². The van der Waals surface area contributed by atoms with E-state index in [9.17, 15) is 18.0 Å². The monoisotopic (exact) mass is 362 g/mol. The van der Waals surface area contributed by atoms with E-state index in [0.29, 0.717) is 25.2 Å². The van der Waals surface area contributed by atoms with Gasteiger partial charge < -0.3 is 4.90 Å². The first-order valence-electron chi connectivity index (χ1n) is 5.65. The zero-order valence-corrected chi connectivity index (χ0v) is 11.4. The summed E-state index contributed by atoms with van der Waals surface area (Å²) >= 11 is 2.25. The molecule has 7 heteroatoms. The number of halogens is 4. The molecule has 2 atom stereocenters. The van der Waals surface area contributed by atoms with Crippen molar-refractivity contribution in [2.45, 2.75) is 43.9 Å². The van der Waals surface area contributed by atoms with Crippen molar-refractivity contribution in [1.82, 2.24) is 8.01 Å². The number of fused-ring (bicyclic) bond motifs is 2. The van der Waals surface area contributed by atoms with Crippen molar-refractivity contribution in [3.63, 3.8) is 0 Å². The van der Waals surface area contributed by atoms with E-state index in [1.807, 2.05) is 0 Å². The molecule has 2 aliphatic heterocycles. The van der Waals surface area contributed by atoms with Crippen LogP contribution in [-0.4, -0.2) is 45.3 Å². The smallest absolute Gasteiger partial charge is 0.339 e. The minimum atomic E-state index is -4.24. The molecule has 2 rings (SSSR count). The summed E-state index contributed by atoms with van der Waals surface area (Å²) in [7, 11) is 0. The van der Waals surface area contributed by atoms with Crippen LogP contribution in [0, 0.1) is 0 Å². The van der Waals surface area contributed by atoms with E-state index < -0.39 is 19.0 Å². The normalized spacial score (nSPS) is 29.8. The number of hydrogen-bond acceptors (Lipinski definition) is 2. The third-order valence-corrected chi connectivity index (χ3v) is 4.94. The topological polar surface area (TPSA) is 23.6 Å². The van der Waals surface area contributed by atoms with Gasteiger partial charge in [-0.3, -0.25) is 4.79 Å². The molecule has 2 unspecified atom stereocenters. The quantitative estimate of drug-likeness (QED) is 0.556. The molecule has 2 aliphatic rings. The van der Waals surface area contributed by atoms with Crippen LogP contribution in [-0.2, 0) is 4.79 Å². The maximum Gasteiger partial charge on any atom is 0.389 e. The molecule has 1 amide bonds. The molecule has 2 heterocycles. The number of carbonyl (C=O) groups is 1. The number of carbonyl (C=O) groups excluding carboxylic acids is 1. The highest BCUT2D eigenvalue weighted by Gasteiger charge is 2.40. The van der Waals surface area contributed by atoms with Gasteiger partial charge >= 0.3 is 6.18 Å². The Labute approximate surface area is 112 Å². The van der Waals surface area contributed by atoms with E-state index in [1.165, 1.54) is 0 Å². The zero-order valence-electron chi connectivity index (χ0n) is 9.21. The van der Waals surface area contributed by atoms with Gasteiger partial charge in [-0.05, 0) is 12.8 Å². The lowest BCUT2D eigenvalue weighted by atomic mass is 10.2. The Hall–Kier alpha value is -0.0500. The Balaban J connectivity index is 1.85. The van der Waals surface area contributed by atoms with Crippen molar-refractivity contribution in [1.29, 1.82) is 0 Å². The van der Waals surface area contributed by atoms with Gasteiger partial charge in [0.1, 0.15) is 0 Å². The summed E-state index contributed by atoms with van der Waals surface area (Å²) in [5.74, 6) is -0.358. The lowest BCUT2D eigenvalue weighted by Crippen LogP contribution is -2.51. The number of nitrogens with zero attached hydrogens (tertiary/aromatic N) is 2. The minimum Gasteiger partial charge on any atom is -0.339 e. The molecule has 2 fully saturated rings. The minimum absolute atomic E-state index is 0.323. The van der Waals surface area contributed by atoms with Gasteiger partial charge in [-0.1, -0.05) is 0 Å². The van der Waals surface area contributed by atoms with Crippen LogP contribution in [0.3, 0.4) is 0 Å². The van der Waals surface area contributed by atoms with E-state index in [2.05, 4.69) is 26.0 Å². The summed E-state index contributed by atoms with van der Waals surface area (Å²) in [4.78, 5) is 13.3. The molecule has 0 N–H and O–H groups in total. The van der Waals surface area contributed by atoms with Gasteiger partial charge in [-0.2, -0.15) is 13.2 Å². The van der Waals surface area contributed by atoms with E-state index in [1.54, 1.807) is 4.90 Å². The second-order valence-corrected chi connectivity index (χ2v) is 5.76. The maximum absolute atomic E-state index is 12.0. The van der Waals surface area contributed by atoms with Crippen molar-refractivity contribution in [3.8, 4) is 0 Å².